The molecule has 3 aromatic rings. The van der Waals surface area contributed by atoms with Crippen molar-refractivity contribution in [3.8, 4) is 11.4 Å². The Morgan fingerprint density at radius 1 is 1.11 bits per heavy atom. The Kier molecular flexibility index (Phi) is 5.91. The first-order valence-electron chi connectivity index (χ1n) is 8.70. The summed E-state index contributed by atoms with van der Waals surface area (Å²) in [7, 11) is 1.74. The first kappa shape index (κ1) is 19.0. The van der Waals surface area contributed by atoms with Gasteiger partial charge in [-0.05, 0) is 41.1 Å². The minimum Gasteiger partial charge on any atom is -0.341 e. The van der Waals surface area contributed by atoms with Gasteiger partial charge in [0.2, 0.25) is 11.8 Å². The molecule has 0 aliphatic rings. The summed E-state index contributed by atoms with van der Waals surface area (Å²) in [6.07, 6.45) is 3.10. The third kappa shape index (κ3) is 4.88. The van der Waals surface area contributed by atoms with E-state index in [2.05, 4.69) is 26.2 Å². The van der Waals surface area contributed by atoms with Crippen LogP contribution in [0.3, 0.4) is 0 Å². The van der Waals surface area contributed by atoms with Gasteiger partial charge in [0.15, 0.2) is 5.82 Å². The summed E-state index contributed by atoms with van der Waals surface area (Å²) in [5.74, 6) is -0.0800. The molecule has 0 bridgehead atoms. The normalized spacial score (nSPS) is 11.9. The van der Waals surface area contributed by atoms with Crippen LogP contribution in [0.15, 0.2) is 60.7 Å². The van der Waals surface area contributed by atoms with Gasteiger partial charge in [-0.2, -0.15) is 0 Å². The molecule has 2 amide bonds. The lowest BCUT2D eigenvalue weighted by atomic mass is 10.2. The molecule has 3 rings (SSSR count). The molecule has 0 saturated heterocycles. The van der Waals surface area contributed by atoms with Gasteiger partial charge >= 0.3 is 0 Å². The molecular weight excluding hydrogens is 356 g/mol. The van der Waals surface area contributed by atoms with Crippen LogP contribution in [0.1, 0.15) is 12.5 Å². The Hall–Kier alpha value is -3.81. The zero-order valence-corrected chi connectivity index (χ0v) is 15.5. The summed E-state index contributed by atoms with van der Waals surface area (Å²) in [6.45, 7) is 1.63. The maximum atomic E-state index is 12.4. The molecule has 0 fully saturated rings. The quantitative estimate of drug-likeness (QED) is 0.641. The van der Waals surface area contributed by atoms with Gasteiger partial charge in [0.05, 0.1) is 0 Å². The van der Waals surface area contributed by atoms with Crippen LogP contribution in [0, 0.1) is 0 Å². The molecular formula is C20H20N6O2. The number of aryl methyl sites for hydroxylation is 1. The number of nitrogens with one attached hydrogen (secondary N) is 2. The van der Waals surface area contributed by atoms with Crippen molar-refractivity contribution >= 4 is 23.6 Å². The van der Waals surface area contributed by atoms with E-state index in [1.54, 1.807) is 42.9 Å². The summed E-state index contributed by atoms with van der Waals surface area (Å²) < 4.78 is 1.54. The first-order valence-corrected chi connectivity index (χ1v) is 8.70. The summed E-state index contributed by atoms with van der Waals surface area (Å²) in [5.41, 5.74) is 2.27. The number of benzene rings is 2. The Bertz CT molecular complexity index is 997. The third-order valence-electron chi connectivity index (χ3n) is 3.99. The van der Waals surface area contributed by atoms with Gasteiger partial charge < -0.3 is 10.6 Å². The minimum atomic E-state index is -0.701. The largest absolute Gasteiger partial charge is 0.341 e. The highest BCUT2D eigenvalue weighted by Crippen LogP contribution is 2.19. The van der Waals surface area contributed by atoms with E-state index >= 15 is 0 Å². The van der Waals surface area contributed by atoms with Crippen molar-refractivity contribution in [2.75, 3.05) is 5.32 Å². The number of hydrogen-bond acceptors (Lipinski definition) is 5. The summed E-state index contributed by atoms with van der Waals surface area (Å²) >= 11 is 0. The number of nitrogens with zero attached hydrogens (tertiary/aromatic N) is 4. The van der Waals surface area contributed by atoms with Crippen molar-refractivity contribution in [3.63, 3.8) is 0 Å². The molecule has 0 radical (unpaired) electrons. The number of amides is 2. The molecule has 8 nitrogen and oxygen atoms in total. The predicted octanol–water partition coefficient (Wildman–Crippen LogP) is 2.03. The molecule has 1 atom stereocenters. The second kappa shape index (κ2) is 8.72. The van der Waals surface area contributed by atoms with Crippen LogP contribution < -0.4 is 10.6 Å². The van der Waals surface area contributed by atoms with Crippen LogP contribution in [0.4, 0.5) is 5.69 Å². The highest BCUT2D eigenvalue weighted by atomic mass is 16.2. The van der Waals surface area contributed by atoms with Crippen molar-refractivity contribution in [1.82, 2.24) is 25.5 Å². The Labute approximate surface area is 162 Å². The number of carbonyl (C=O) groups is 2. The van der Waals surface area contributed by atoms with Gasteiger partial charge in [-0.1, -0.05) is 42.5 Å². The van der Waals surface area contributed by atoms with Crippen molar-refractivity contribution in [3.05, 3.63) is 66.2 Å². The van der Waals surface area contributed by atoms with Gasteiger partial charge in [0, 0.05) is 24.4 Å². The van der Waals surface area contributed by atoms with E-state index in [1.807, 2.05) is 36.4 Å². The zero-order valence-electron chi connectivity index (χ0n) is 15.5. The summed E-state index contributed by atoms with van der Waals surface area (Å²) in [6, 6.07) is 15.9. The number of tetrazole rings is 1. The highest BCUT2D eigenvalue weighted by Gasteiger charge is 2.15. The van der Waals surface area contributed by atoms with Gasteiger partial charge in [-0.3, -0.25) is 9.59 Å². The predicted molar refractivity (Wildman–Crippen MR) is 106 cm³/mol. The SMILES string of the molecule is CC(NC(=O)/C=C/c1ccccc1)C(=O)Nc1cccc(-c2nnnn2C)c1. The average molecular weight is 376 g/mol. The molecule has 1 unspecified atom stereocenters. The molecule has 0 aliphatic heterocycles. The van der Waals surface area contributed by atoms with E-state index in [4.69, 9.17) is 0 Å². The summed E-state index contributed by atoms with van der Waals surface area (Å²) in [4.78, 5) is 24.4. The van der Waals surface area contributed by atoms with Gasteiger partial charge in [-0.25, -0.2) is 4.68 Å². The fourth-order valence-electron chi connectivity index (χ4n) is 2.52. The number of carbonyl (C=O) groups excluding carboxylic acids is 2. The Morgan fingerprint density at radius 2 is 1.89 bits per heavy atom. The second-order valence-corrected chi connectivity index (χ2v) is 6.17. The molecule has 0 saturated carbocycles. The number of rotatable bonds is 6. The van der Waals surface area contributed by atoms with Crippen molar-refractivity contribution in [2.24, 2.45) is 7.05 Å². The standard InChI is InChI=1S/C20H20N6O2/c1-14(21-18(27)12-11-15-7-4-3-5-8-15)20(28)22-17-10-6-9-16(13-17)19-23-24-25-26(19)2/h3-14H,1-2H3,(H,21,27)(H,22,28)/b12-11+. The number of aromatic nitrogens is 4. The van der Waals surface area contributed by atoms with Crippen LogP contribution in [0.25, 0.3) is 17.5 Å². The van der Waals surface area contributed by atoms with Gasteiger partial charge in [0.1, 0.15) is 6.04 Å². The smallest absolute Gasteiger partial charge is 0.246 e. The lowest BCUT2D eigenvalue weighted by Crippen LogP contribution is -2.40. The van der Waals surface area contributed by atoms with Crippen LogP contribution in [-0.2, 0) is 16.6 Å². The van der Waals surface area contributed by atoms with E-state index in [-0.39, 0.29) is 11.8 Å². The fourth-order valence-corrected chi connectivity index (χ4v) is 2.52. The minimum absolute atomic E-state index is 0.324. The molecule has 2 N–H and O–H groups in total. The van der Waals surface area contributed by atoms with E-state index < -0.39 is 6.04 Å². The Morgan fingerprint density at radius 3 is 2.61 bits per heavy atom. The first-order chi connectivity index (χ1) is 13.5. The lowest BCUT2D eigenvalue weighted by molar-refractivity contribution is -0.123. The van der Waals surface area contributed by atoms with Crippen molar-refractivity contribution in [2.45, 2.75) is 13.0 Å². The summed E-state index contributed by atoms with van der Waals surface area (Å²) in [5, 5.41) is 16.8. The number of hydrogen-bond donors (Lipinski definition) is 2. The maximum Gasteiger partial charge on any atom is 0.246 e. The Balaban J connectivity index is 1.59. The molecule has 2 aromatic carbocycles. The molecule has 0 spiro atoms. The maximum absolute atomic E-state index is 12.4. The average Bonchev–Trinajstić information content (AvgIpc) is 3.13. The molecule has 28 heavy (non-hydrogen) atoms. The van der Waals surface area contributed by atoms with Gasteiger partial charge in [-0.15, -0.1) is 5.10 Å². The molecule has 0 aliphatic carbocycles. The van der Waals surface area contributed by atoms with Crippen molar-refractivity contribution < 1.29 is 9.59 Å². The highest BCUT2D eigenvalue weighted by molar-refractivity contribution is 6.00. The van der Waals surface area contributed by atoms with E-state index in [0.29, 0.717) is 11.5 Å². The van der Waals surface area contributed by atoms with Crippen LogP contribution in [-0.4, -0.2) is 38.1 Å². The van der Waals surface area contributed by atoms with E-state index in [1.165, 1.54) is 6.08 Å². The van der Waals surface area contributed by atoms with Crippen LogP contribution in [0.5, 0.6) is 0 Å². The molecule has 1 heterocycles. The van der Waals surface area contributed by atoms with E-state index in [9.17, 15) is 9.59 Å². The van der Waals surface area contributed by atoms with Gasteiger partial charge in [0.25, 0.3) is 0 Å². The van der Waals surface area contributed by atoms with Crippen LogP contribution >= 0.6 is 0 Å². The van der Waals surface area contributed by atoms with Crippen LogP contribution in [0.2, 0.25) is 0 Å². The molecule has 1 aromatic heterocycles. The van der Waals surface area contributed by atoms with Crippen molar-refractivity contribution in [1.29, 1.82) is 0 Å². The second-order valence-electron chi connectivity index (χ2n) is 6.17. The fraction of sp³-hybridized carbons (Fsp3) is 0.150. The molecule has 8 heteroatoms. The third-order valence-corrected chi connectivity index (χ3v) is 3.99. The van der Waals surface area contributed by atoms with E-state index in [0.717, 1.165) is 11.1 Å². The lowest BCUT2D eigenvalue weighted by Gasteiger charge is -2.13. The monoisotopic (exact) mass is 376 g/mol. The molecule has 142 valence electrons. The zero-order chi connectivity index (χ0) is 19.9. The topological polar surface area (TPSA) is 102 Å². The number of anilines is 1.